The Bertz CT molecular complexity index is 895. The summed E-state index contributed by atoms with van der Waals surface area (Å²) in [6, 6.07) is 10.8. The van der Waals surface area contributed by atoms with Crippen molar-refractivity contribution >= 4 is 27.6 Å². The van der Waals surface area contributed by atoms with Gasteiger partial charge in [0.1, 0.15) is 4.90 Å². The molecule has 1 atom stereocenters. The van der Waals surface area contributed by atoms with Crippen LogP contribution in [0.15, 0.2) is 47.4 Å². The largest absolute Gasteiger partial charge is 0.545 e. The average molecular weight is 365 g/mol. The van der Waals surface area contributed by atoms with Crippen LogP contribution in [0.2, 0.25) is 5.02 Å². The first-order valence-electron chi connectivity index (χ1n) is 7.49. The van der Waals surface area contributed by atoms with E-state index in [-0.39, 0.29) is 21.5 Å². The van der Waals surface area contributed by atoms with Crippen LogP contribution in [-0.2, 0) is 16.4 Å². The molecule has 0 aliphatic heterocycles. The van der Waals surface area contributed by atoms with Crippen molar-refractivity contribution in [3.05, 3.63) is 64.2 Å². The van der Waals surface area contributed by atoms with Crippen molar-refractivity contribution in [2.24, 2.45) is 0 Å². The number of halogens is 1. The first kappa shape index (κ1) is 17.0. The molecule has 2 aromatic carbocycles. The number of aromatic carboxylic acids is 1. The number of benzene rings is 2. The highest BCUT2D eigenvalue weighted by Crippen LogP contribution is 2.32. The topological polar surface area (TPSA) is 86.3 Å². The second-order valence-corrected chi connectivity index (χ2v) is 7.79. The van der Waals surface area contributed by atoms with Crippen LogP contribution < -0.4 is 9.83 Å². The molecule has 0 amide bonds. The molecule has 0 bridgehead atoms. The molecular weight excluding hydrogens is 350 g/mol. The van der Waals surface area contributed by atoms with Gasteiger partial charge in [0.25, 0.3) is 0 Å². The molecule has 0 radical (unpaired) electrons. The lowest BCUT2D eigenvalue weighted by Crippen LogP contribution is -2.31. The SMILES string of the molecule is O=C([O-])c1ccc(Cl)c(S(=O)(=O)N[C@@H]2CCCc3ccccc32)c1. The minimum Gasteiger partial charge on any atom is -0.545 e. The lowest BCUT2D eigenvalue weighted by atomic mass is 9.88. The highest BCUT2D eigenvalue weighted by Gasteiger charge is 2.27. The maximum absolute atomic E-state index is 12.7. The predicted molar refractivity (Wildman–Crippen MR) is 88.2 cm³/mol. The van der Waals surface area contributed by atoms with E-state index in [0.29, 0.717) is 6.42 Å². The van der Waals surface area contributed by atoms with Gasteiger partial charge in [-0.05, 0) is 48.1 Å². The number of rotatable bonds is 4. The Kier molecular flexibility index (Phi) is 4.62. The lowest BCUT2D eigenvalue weighted by Gasteiger charge is -2.26. The molecule has 126 valence electrons. The zero-order valence-corrected chi connectivity index (χ0v) is 14.2. The van der Waals surface area contributed by atoms with Gasteiger partial charge in [0.15, 0.2) is 0 Å². The molecule has 24 heavy (non-hydrogen) atoms. The van der Waals surface area contributed by atoms with Crippen molar-refractivity contribution in [1.29, 1.82) is 0 Å². The zero-order valence-electron chi connectivity index (χ0n) is 12.7. The quantitative estimate of drug-likeness (QED) is 0.899. The maximum atomic E-state index is 12.7. The van der Waals surface area contributed by atoms with Gasteiger partial charge in [0.2, 0.25) is 10.0 Å². The van der Waals surface area contributed by atoms with Crippen molar-refractivity contribution in [3.8, 4) is 0 Å². The molecule has 0 saturated heterocycles. The zero-order chi connectivity index (χ0) is 17.3. The molecule has 1 N–H and O–H groups in total. The number of aryl methyl sites for hydroxylation is 1. The van der Waals surface area contributed by atoms with E-state index in [1.54, 1.807) is 0 Å². The number of carboxylic acid groups (broad SMARTS) is 1. The molecule has 0 fully saturated rings. The molecule has 0 unspecified atom stereocenters. The first-order chi connectivity index (χ1) is 11.4. The molecule has 1 aliphatic carbocycles. The van der Waals surface area contributed by atoms with Crippen LogP contribution in [0, 0.1) is 0 Å². The molecule has 0 heterocycles. The van der Waals surface area contributed by atoms with Crippen LogP contribution in [0.5, 0.6) is 0 Å². The van der Waals surface area contributed by atoms with Crippen LogP contribution in [0.3, 0.4) is 0 Å². The number of hydrogen-bond acceptors (Lipinski definition) is 4. The average Bonchev–Trinajstić information content (AvgIpc) is 2.55. The number of fused-ring (bicyclic) bond motifs is 1. The van der Waals surface area contributed by atoms with Gasteiger partial charge in [-0.25, -0.2) is 13.1 Å². The van der Waals surface area contributed by atoms with Gasteiger partial charge < -0.3 is 9.90 Å². The Morgan fingerprint density at radius 2 is 1.96 bits per heavy atom. The normalized spacial score (nSPS) is 17.3. The highest BCUT2D eigenvalue weighted by atomic mass is 35.5. The minimum absolute atomic E-state index is 0.0309. The fraction of sp³-hybridized carbons (Fsp3) is 0.235. The summed E-state index contributed by atoms with van der Waals surface area (Å²) >= 11 is 5.97. The third-order valence-electron chi connectivity index (χ3n) is 4.12. The molecule has 2 aromatic rings. The number of nitrogens with one attached hydrogen (secondary N) is 1. The van der Waals surface area contributed by atoms with E-state index >= 15 is 0 Å². The van der Waals surface area contributed by atoms with Gasteiger partial charge in [0, 0.05) is 6.04 Å². The predicted octanol–water partition coefficient (Wildman–Crippen LogP) is 2.06. The summed E-state index contributed by atoms with van der Waals surface area (Å²) in [5.74, 6) is -1.45. The van der Waals surface area contributed by atoms with E-state index in [1.165, 1.54) is 12.1 Å². The van der Waals surface area contributed by atoms with E-state index < -0.39 is 16.0 Å². The van der Waals surface area contributed by atoms with E-state index in [1.807, 2.05) is 24.3 Å². The van der Waals surface area contributed by atoms with Gasteiger partial charge in [-0.2, -0.15) is 0 Å². The van der Waals surface area contributed by atoms with Gasteiger partial charge in [0.05, 0.1) is 11.0 Å². The second-order valence-electron chi connectivity index (χ2n) is 5.70. The smallest absolute Gasteiger partial charge is 0.242 e. The summed E-state index contributed by atoms with van der Waals surface area (Å²) in [6.07, 6.45) is 2.46. The van der Waals surface area contributed by atoms with Crippen LogP contribution in [-0.4, -0.2) is 14.4 Å². The summed E-state index contributed by atoms with van der Waals surface area (Å²) < 4.78 is 28.0. The summed E-state index contributed by atoms with van der Waals surface area (Å²) in [5, 5.41) is 10.9. The first-order valence-corrected chi connectivity index (χ1v) is 9.35. The maximum Gasteiger partial charge on any atom is 0.242 e. The second kappa shape index (κ2) is 6.55. The summed E-state index contributed by atoms with van der Waals surface area (Å²) in [5.41, 5.74) is 1.83. The monoisotopic (exact) mass is 364 g/mol. The van der Waals surface area contributed by atoms with Gasteiger partial charge in [-0.1, -0.05) is 41.9 Å². The number of sulfonamides is 1. The Morgan fingerprint density at radius 1 is 1.21 bits per heavy atom. The Balaban J connectivity index is 1.96. The number of carbonyl (C=O) groups excluding carboxylic acids is 1. The molecule has 3 rings (SSSR count). The van der Waals surface area contributed by atoms with Gasteiger partial charge in [-0.15, -0.1) is 0 Å². The molecule has 5 nitrogen and oxygen atoms in total. The van der Waals surface area contributed by atoms with Crippen LogP contribution in [0.4, 0.5) is 0 Å². The summed E-state index contributed by atoms with van der Waals surface area (Å²) in [7, 11) is -3.96. The lowest BCUT2D eigenvalue weighted by molar-refractivity contribution is -0.255. The van der Waals surface area contributed by atoms with Crippen LogP contribution in [0.25, 0.3) is 0 Å². The third-order valence-corrected chi connectivity index (χ3v) is 6.08. The van der Waals surface area contributed by atoms with Crippen LogP contribution >= 0.6 is 11.6 Å². The minimum atomic E-state index is -3.96. The standard InChI is InChI=1S/C17H16ClNO4S/c18-14-9-8-12(17(20)21)10-16(14)24(22,23)19-15-7-3-5-11-4-1-2-6-13(11)15/h1-2,4,6,8-10,15,19H,3,5,7H2,(H,20,21)/p-1/t15-/m1/s1. The molecule has 0 saturated carbocycles. The van der Waals surface area contributed by atoms with Crippen molar-refractivity contribution in [3.63, 3.8) is 0 Å². The molecular formula is C17H15ClNO4S-. The fourth-order valence-corrected chi connectivity index (χ4v) is 4.74. The Hall–Kier alpha value is -1.89. The number of hydrogen-bond donors (Lipinski definition) is 1. The van der Waals surface area contributed by atoms with Crippen molar-refractivity contribution in [2.45, 2.75) is 30.2 Å². The van der Waals surface area contributed by atoms with E-state index in [4.69, 9.17) is 11.6 Å². The molecule has 0 spiro atoms. The number of carboxylic acids is 1. The van der Waals surface area contributed by atoms with Crippen molar-refractivity contribution in [2.75, 3.05) is 0 Å². The third kappa shape index (κ3) is 3.31. The molecule has 0 aromatic heterocycles. The van der Waals surface area contributed by atoms with Gasteiger partial charge in [-0.3, -0.25) is 0 Å². The fourth-order valence-electron chi connectivity index (χ4n) is 2.96. The summed E-state index contributed by atoms with van der Waals surface area (Å²) in [4.78, 5) is 10.7. The molecule has 7 heteroatoms. The van der Waals surface area contributed by atoms with Crippen molar-refractivity contribution < 1.29 is 18.3 Å². The Morgan fingerprint density at radius 3 is 2.71 bits per heavy atom. The number of carbonyl (C=O) groups is 1. The Labute approximate surface area is 145 Å². The molecule has 1 aliphatic rings. The van der Waals surface area contributed by atoms with E-state index in [9.17, 15) is 18.3 Å². The highest BCUT2D eigenvalue weighted by molar-refractivity contribution is 7.89. The van der Waals surface area contributed by atoms with Crippen molar-refractivity contribution in [1.82, 2.24) is 4.72 Å². The summed E-state index contributed by atoms with van der Waals surface area (Å²) in [6.45, 7) is 0. The van der Waals surface area contributed by atoms with Gasteiger partial charge >= 0.3 is 0 Å². The van der Waals surface area contributed by atoms with Crippen LogP contribution in [0.1, 0.15) is 40.4 Å². The van der Waals surface area contributed by atoms with E-state index in [2.05, 4.69) is 4.72 Å². The van der Waals surface area contributed by atoms with E-state index in [0.717, 1.165) is 30.0 Å².